The van der Waals surface area contributed by atoms with Crippen molar-refractivity contribution in [3.63, 3.8) is 0 Å². The molecule has 1 aliphatic rings. The van der Waals surface area contributed by atoms with Gasteiger partial charge in [-0.2, -0.15) is 0 Å². The Bertz CT molecular complexity index is 350. The van der Waals surface area contributed by atoms with Crippen LogP contribution in [0.5, 0.6) is 0 Å². The van der Waals surface area contributed by atoms with Crippen LogP contribution in [0.3, 0.4) is 0 Å². The Hall–Kier alpha value is -1.62. The number of pyridine rings is 1. The van der Waals surface area contributed by atoms with Crippen LogP contribution in [-0.4, -0.2) is 28.4 Å². The molecule has 14 heavy (non-hydrogen) atoms. The third kappa shape index (κ3) is 1.31. The first-order valence-electron chi connectivity index (χ1n) is 4.33. The van der Waals surface area contributed by atoms with Crippen LogP contribution in [-0.2, 0) is 0 Å². The summed E-state index contributed by atoms with van der Waals surface area (Å²) >= 11 is 0. The Kier molecular flexibility index (Phi) is 1.89. The van der Waals surface area contributed by atoms with Gasteiger partial charge in [0.2, 0.25) is 0 Å². The molecule has 0 aromatic carbocycles. The largest absolute Gasteiger partial charge is 0.369 e. The standard InChI is InChI=1S/C9H11N3O2/c1-9(14)6-11-8(13)12(9)7-4-2-3-5-10-7/h2-5,14H,6H2,1H3,(H,11,13). The molecule has 0 radical (unpaired) electrons. The smallest absolute Gasteiger partial charge is 0.325 e. The van der Waals surface area contributed by atoms with E-state index in [1.807, 2.05) is 0 Å². The highest BCUT2D eigenvalue weighted by atomic mass is 16.3. The topological polar surface area (TPSA) is 65.5 Å². The Labute approximate surface area is 81.4 Å². The second-order valence-corrected chi connectivity index (χ2v) is 3.40. The first-order valence-corrected chi connectivity index (χ1v) is 4.33. The molecule has 1 aromatic heterocycles. The van der Waals surface area contributed by atoms with E-state index in [0.717, 1.165) is 0 Å². The number of anilines is 1. The minimum Gasteiger partial charge on any atom is -0.369 e. The fraction of sp³-hybridized carbons (Fsp3) is 0.333. The zero-order chi connectivity index (χ0) is 10.2. The van der Waals surface area contributed by atoms with Crippen molar-refractivity contribution in [1.29, 1.82) is 0 Å². The second kappa shape index (κ2) is 2.95. The van der Waals surface area contributed by atoms with Gasteiger partial charge in [-0.3, -0.25) is 0 Å². The minimum atomic E-state index is -1.20. The average Bonchev–Trinajstić information content (AvgIpc) is 2.42. The van der Waals surface area contributed by atoms with Crippen molar-refractivity contribution < 1.29 is 9.90 Å². The Morgan fingerprint density at radius 2 is 2.43 bits per heavy atom. The molecule has 2 heterocycles. The molecule has 5 heteroatoms. The molecule has 1 aromatic rings. The molecule has 1 atom stereocenters. The number of urea groups is 1. The third-order valence-electron chi connectivity index (χ3n) is 2.14. The number of carbonyl (C=O) groups excluding carboxylic acids is 1. The molecular formula is C9H11N3O2. The molecule has 0 spiro atoms. The van der Waals surface area contributed by atoms with Gasteiger partial charge < -0.3 is 10.4 Å². The predicted molar refractivity (Wildman–Crippen MR) is 50.7 cm³/mol. The zero-order valence-electron chi connectivity index (χ0n) is 7.77. The van der Waals surface area contributed by atoms with E-state index in [-0.39, 0.29) is 12.6 Å². The Morgan fingerprint density at radius 3 is 2.93 bits per heavy atom. The Balaban J connectivity index is 2.38. The van der Waals surface area contributed by atoms with E-state index in [4.69, 9.17) is 0 Å². The number of rotatable bonds is 1. The summed E-state index contributed by atoms with van der Waals surface area (Å²) in [6.45, 7) is 1.78. The number of carbonyl (C=O) groups is 1. The summed E-state index contributed by atoms with van der Waals surface area (Å²) in [5, 5.41) is 12.4. The maximum Gasteiger partial charge on any atom is 0.325 e. The van der Waals surface area contributed by atoms with Crippen LogP contribution in [0.2, 0.25) is 0 Å². The van der Waals surface area contributed by atoms with Gasteiger partial charge in [-0.25, -0.2) is 14.7 Å². The predicted octanol–water partition coefficient (Wildman–Crippen LogP) is 0.320. The van der Waals surface area contributed by atoms with Gasteiger partial charge >= 0.3 is 6.03 Å². The van der Waals surface area contributed by atoms with Gasteiger partial charge in [0.15, 0.2) is 5.72 Å². The number of aliphatic hydroxyl groups is 1. The molecule has 1 saturated heterocycles. The SMILES string of the molecule is CC1(O)CNC(=O)N1c1ccccn1. The quantitative estimate of drug-likeness (QED) is 0.675. The first-order chi connectivity index (χ1) is 6.61. The second-order valence-electron chi connectivity index (χ2n) is 3.40. The summed E-state index contributed by atoms with van der Waals surface area (Å²) in [5.41, 5.74) is -1.20. The van der Waals surface area contributed by atoms with Crippen molar-refractivity contribution in [2.45, 2.75) is 12.6 Å². The summed E-state index contributed by atoms with van der Waals surface area (Å²) in [6, 6.07) is 4.88. The number of aromatic nitrogens is 1. The van der Waals surface area contributed by atoms with Gasteiger partial charge in [-0.1, -0.05) is 6.07 Å². The lowest BCUT2D eigenvalue weighted by Gasteiger charge is -2.26. The van der Waals surface area contributed by atoms with Gasteiger partial charge in [-0.15, -0.1) is 0 Å². The number of hydrogen-bond donors (Lipinski definition) is 2. The highest BCUT2D eigenvalue weighted by molar-refractivity contribution is 5.94. The summed E-state index contributed by atoms with van der Waals surface area (Å²) in [7, 11) is 0. The molecule has 1 fully saturated rings. The fourth-order valence-electron chi connectivity index (χ4n) is 1.46. The molecular weight excluding hydrogens is 182 g/mol. The van der Waals surface area contributed by atoms with Gasteiger partial charge in [0, 0.05) is 6.20 Å². The fourth-order valence-corrected chi connectivity index (χ4v) is 1.46. The van der Waals surface area contributed by atoms with E-state index in [1.165, 1.54) is 4.90 Å². The summed E-state index contributed by atoms with van der Waals surface area (Å²) in [6.07, 6.45) is 1.58. The van der Waals surface area contributed by atoms with Crippen molar-refractivity contribution in [3.8, 4) is 0 Å². The van der Waals surface area contributed by atoms with Gasteiger partial charge in [-0.05, 0) is 19.1 Å². The molecule has 1 aliphatic heterocycles. The molecule has 0 saturated carbocycles. The number of nitrogens with zero attached hydrogens (tertiary/aromatic N) is 2. The Morgan fingerprint density at radius 1 is 1.64 bits per heavy atom. The van der Waals surface area contributed by atoms with E-state index in [0.29, 0.717) is 5.82 Å². The zero-order valence-corrected chi connectivity index (χ0v) is 7.77. The van der Waals surface area contributed by atoms with E-state index < -0.39 is 5.72 Å². The van der Waals surface area contributed by atoms with Crippen molar-refractivity contribution >= 4 is 11.8 Å². The van der Waals surface area contributed by atoms with Crippen LogP contribution in [0, 0.1) is 0 Å². The van der Waals surface area contributed by atoms with Crippen molar-refractivity contribution in [3.05, 3.63) is 24.4 Å². The molecule has 74 valence electrons. The van der Waals surface area contributed by atoms with Gasteiger partial charge in [0.25, 0.3) is 0 Å². The molecule has 0 aliphatic carbocycles. The third-order valence-corrected chi connectivity index (χ3v) is 2.14. The van der Waals surface area contributed by atoms with E-state index in [1.54, 1.807) is 31.3 Å². The van der Waals surface area contributed by atoms with Crippen molar-refractivity contribution in [2.75, 3.05) is 11.4 Å². The molecule has 5 nitrogen and oxygen atoms in total. The molecule has 2 amide bonds. The van der Waals surface area contributed by atoms with E-state index >= 15 is 0 Å². The monoisotopic (exact) mass is 193 g/mol. The van der Waals surface area contributed by atoms with Crippen LogP contribution < -0.4 is 10.2 Å². The molecule has 2 rings (SSSR count). The number of nitrogens with one attached hydrogen (secondary N) is 1. The minimum absolute atomic E-state index is 0.211. The van der Waals surface area contributed by atoms with E-state index in [2.05, 4.69) is 10.3 Å². The lowest BCUT2D eigenvalue weighted by Crippen LogP contribution is -2.45. The number of amides is 2. The van der Waals surface area contributed by atoms with Crippen LogP contribution >= 0.6 is 0 Å². The van der Waals surface area contributed by atoms with Gasteiger partial charge in [0.1, 0.15) is 5.82 Å². The normalized spacial score (nSPS) is 26.4. The average molecular weight is 193 g/mol. The van der Waals surface area contributed by atoms with Crippen LogP contribution in [0.1, 0.15) is 6.92 Å². The summed E-state index contributed by atoms with van der Waals surface area (Å²) in [5.74, 6) is 0.451. The lowest BCUT2D eigenvalue weighted by atomic mass is 10.2. The number of β-amino-alcohol motifs (C(OH)–C–C–N with tert-alkyl or cyclic N) is 1. The first kappa shape index (κ1) is 8.96. The summed E-state index contributed by atoms with van der Waals surface area (Å²) in [4.78, 5) is 16.7. The molecule has 0 bridgehead atoms. The van der Waals surface area contributed by atoms with E-state index in [9.17, 15) is 9.90 Å². The lowest BCUT2D eigenvalue weighted by molar-refractivity contribution is 0.0853. The van der Waals surface area contributed by atoms with Crippen LogP contribution in [0.15, 0.2) is 24.4 Å². The highest BCUT2D eigenvalue weighted by Crippen LogP contribution is 2.23. The van der Waals surface area contributed by atoms with Crippen LogP contribution in [0.25, 0.3) is 0 Å². The summed E-state index contributed by atoms with van der Waals surface area (Å²) < 4.78 is 0. The highest BCUT2D eigenvalue weighted by Gasteiger charge is 2.41. The van der Waals surface area contributed by atoms with Crippen molar-refractivity contribution in [2.24, 2.45) is 0 Å². The van der Waals surface area contributed by atoms with Gasteiger partial charge in [0.05, 0.1) is 6.54 Å². The van der Waals surface area contributed by atoms with Crippen molar-refractivity contribution in [1.82, 2.24) is 10.3 Å². The molecule has 1 unspecified atom stereocenters. The maximum absolute atomic E-state index is 11.4. The van der Waals surface area contributed by atoms with Crippen LogP contribution in [0.4, 0.5) is 10.6 Å². The maximum atomic E-state index is 11.4. The molecule has 2 N–H and O–H groups in total. The number of hydrogen-bond acceptors (Lipinski definition) is 3.